The van der Waals surface area contributed by atoms with Gasteiger partial charge in [-0.25, -0.2) is 4.99 Å². The van der Waals surface area contributed by atoms with E-state index in [0.717, 1.165) is 5.56 Å². The van der Waals surface area contributed by atoms with Crippen molar-refractivity contribution in [1.82, 2.24) is 5.32 Å². The Morgan fingerprint density at radius 1 is 1.43 bits per heavy atom. The number of nitrogens with one attached hydrogen (secondary N) is 1. The summed E-state index contributed by atoms with van der Waals surface area (Å²) in [5, 5.41) is 13.0. The smallest absolute Gasteiger partial charge is 0.316 e. The van der Waals surface area contributed by atoms with Gasteiger partial charge >= 0.3 is 5.97 Å². The van der Waals surface area contributed by atoms with Crippen molar-refractivity contribution in [2.75, 3.05) is 14.2 Å². The Labute approximate surface area is 127 Å². The number of esters is 1. The van der Waals surface area contributed by atoms with Crippen molar-refractivity contribution in [2.45, 2.75) is 13.0 Å². The van der Waals surface area contributed by atoms with Crippen molar-refractivity contribution in [2.24, 2.45) is 10.9 Å². The molecule has 0 saturated carbocycles. The Bertz CT molecular complexity index is 615. The van der Waals surface area contributed by atoms with Gasteiger partial charge in [0.1, 0.15) is 5.92 Å². The van der Waals surface area contributed by atoms with Gasteiger partial charge in [0.05, 0.1) is 20.3 Å². The maximum absolute atomic E-state index is 12.0. The minimum atomic E-state index is -0.587. The highest BCUT2D eigenvalue weighted by Crippen LogP contribution is 2.33. The number of phenolic OH excluding ortho intramolecular Hbond substituents is 1. The summed E-state index contributed by atoms with van der Waals surface area (Å²) in [4.78, 5) is 16.1. The summed E-state index contributed by atoms with van der Waals surface area (Å²) in [5.41, 5.74) is 1.33. The minimum absolute atomic E-state index is 0.0274. The zero-order valence-corrected chi connectivity index (χ0v) is 12.7. The fourth-order valence-electron chi connectivity index (χ4n) is 2.32. The van der Waals surface area contributed by atoms with Crippen LogP contribution in [0, 0.1) is 5.92 Å². The highest BCUT2D eigenvalue weighted by atomic mass is 32.1. The predicted octanol–water partition coefficient (Wildman–Crippen LogP) is 1.58. The van der Waals surface area contributed by atoms with Crippen LogP contribution in [-0.2, 0) is 9.53 Å². The van der Waals surface area contributed by atoms with Gasteiger partial charge in [-0.05, 0) is 36.8 Å². The highest BCUT2D eigenvalue weighted by Gasteiger charge is 2.36. The molecule has 0 bridgehead atoms. The number of aromatic hydroxyl groups is 1. The van der Waals surface area contributed by atoms with Crippen molar-refractivity contribution < 1.29 is 19.4 Å². The third kappa shape index (κ3) is 2.97. The van der Waals surface area contributed by atoms with Gasteiger partial charge in [-0.1, -0.05) is 6.07 Å². The summed E-state index contributed by atoms with van der Waals surface area (Å²) in [7, 11) is 2.79. The van der Waals surface area contributed by atoms with Crippen LogP contribution < -0.4 is 10.1 Å². The fraction of sp³-hybridized carbons (Fsp3) is 0.357. The van der Waals surface area contributed by atoms with Gasteiger partial charge in [-0.2, -0.15) is 0 Å². The molecule has 0 saturated heterocycles. The molecule has 0 fully saturated rings. The average molecular weight is 308 g/mol. The highest BCUT2D eigenvalue weighted by molar-refractivity contribution is 7.80. The van der Waals surface area contributed by atoms with Crippen LogP contribution in [0.3, 0.4) is 0 Å². The van der Waals surface area contributed by atoms with Crippen molar-refractivity contribution in [3.63, 3.8) is 0 Å². The third-order valence-electron chi connectivity index (χ3n) is 3.36. The van der Waals surface area contributed by atoms with Crippen LogP contribution >= 0.6 is 12.2 Å². The molecule has 112 valence electrons. The van der Waals surface area contributed by atoms with Crippen LogP contribution in [-0.4, -0.2) is 36.1 Å². The lowest BCUT2D eigenvalue weighted by molar-refractivity contribution is -0.143. The van der Waals surface area contributed by atoms with Crippen LogP contribution in [0.4, 0.5) is 0 Å². The van der Waals surface area contributed by atoms with Crippen molar-refractivity contribution in [1.29, 1.82) is 0 Å². The van der Waals surface area contributed by atoms with E-state index in [1.54, 1.807) is 19.1 Å². The number of phenols is 1. The fourth-order valence-corrected chi connectivity index (χ4v) is 2.59. The van der Waals surface area contributed by atoms with Crippen LogP contribution in [0.1, 0.15) is 18.5 Å². The summed E-state index contributed by atoms with van der Waals surface area (Å²) < 4.78 is 9.94. The Kier molecular flexibility index (Phi) is 4.42. The van der Waals surface area contributed by atoms with E-state index in [4.69, 9.17) is 21.7 Å². The van der Waals surface area contributed by atoms with Crippen molar-refractivity contribution >= 4 is 29.0 Å². The topological polar surface area (TPSA) is 80.2 Å². The number of nitrogens with zero attached hydrogens (tertiary/aromatic N) is 1. The molecule has 1 aliphatic heterocycles. The van der Waals surface area contributed by atoms with E-state index in [0.29, 0.717) is 16.6 Å². The molecule has 2 N–H and O–H groups in total. The van der Waals surface area contributed by atoms with E-state index < -0.39 is 17.9 Å². The standard InChI is InChI=1S/C14H16N2O4S/c1-7-11(13(18)20-3)12(16-14(21)15-7)8-4-5-9(17)10(6-8)19-2/h4-6,11-12,17H,1-3H3,(H,16,21). The lowest BCUT2D eigenvalue weighted by Crippen LogP contribution is -2.43. The molecule has 0 aliphatic carbocycles. The van der Waals surface area contributed by atoms with E-state index in [1.807, 2.05) is 0 Å². The van der Waals surface area contributed by atoms with Gasteiger partial charge in [0, 0.05) is 5.71 Å². The van der Waals surface area contributed by atoms with Crippen LogP contribution in [0.2, 0.25) is 0 Å². The van der Waals surface area contributed by atoms with Crippen molar-refractivity contribution in [3.8, 4) is 11.5 Å². The number of aliphatic imine (C=N–C) groups is 1. The maximum Gasteiger partial charge on any atom is 0.316 e. The molecule has 1 heterocycles. The SMILES string of the molecule is COC(=O)C1C(C)=NC(=S)NC1c1ccc(O)c(OC)c1. The molecule has 6 nitrogen and oxygen atoms in total. The first-order valence-corrected chi connectivity index (χ1v) is 6.69. The summed E-state index contributed by atoms with van der Waals surface area (Å²) in [6.07, 6.45) is 0. The lowest BCUT2D eigenvalue weighted by atomic mass is 9.88. The summed E-state index contributed by atoms with van der Waals surface area (Å²) in [6.45, 7) is 1.74. The number of carbonyl (C=O) groups is 1. The quantitative estimate of drug-likeness (QED) is 0.652. The van der Waals surface area contributed by atoms with Crippen molar-refractivity contribution in [3.05, 3.63) is 23.8 Å². The number of hydrogen-bond acceptors (Lipinski definition) is 5. The number of thiocarbonyl (C=S) groups is 1. The Hall–Kier alpha value is -2.15. The Morgan fingerprint density at radius 2 is 2.14 bits per heavy atom. The van der Waals surface area contributed by atoms with Gasteiger partial charge in [-0.15, -0.1) is 0 Å². The molecule has 21 heavy (non-hydrogen) atoms. The predicted molar refractivity (Wildman–Crippen MR) is 81.7 cm³/mol. The summed E-state index contributed by atoms with van der Waals surface area (Å²) >= 11 is 5.09. The van der Waals surface area contributed by atoms with Gasteiger partial charge in [0.25, 0.3) is 0 Å². The summed E-state index contributed by atoms with van der Waals surface area (Å²) in [6, 6.07) is 4.45. The first-order valence-electron chi connectivity index (χ1n) is 6.28. The molecule has 1 aromatic rings. The zero-order chi connectivity index (χ0) is 15.6. The molecule has 0 spiro atoms. The van der Waals surface area contributed by atoms with Gasteiger partial charge in [0.15, 0.2) is 16.6 Å². The van der Waals surface area contributed by atoms with E-state index in [2.05, 4.69) is 10.3 Å². The van der Waals surface area contributed by atoms with E-state index >= 15 is 0 Å². The molecule has 2 unspecified atom stereocenters. The number of benzene rings is 1. The second-order valence-corrected chi connectivity index (χ2v) is 5.00. The largest absolute Gasteiger partial charge is 0.504 e. The first-order chi connectivity index (χ1) is 9.97. The number of rotatable bonds is 3. The number of hydrogen-bond donors (Lipinski definition) is 2. The van der Waals surface area contributed by atoms with Crippen LogP contribution in [0.5, 0.6) is 11.5 Å². The van der Waals surface area contributed by atoms with Crippen LogP contribution in [0.25, 0.3) is 0 Å². The molecule has 0 aromatic heterocycles. The number of carbonyl (C=O) groups excluding carboxylic acids is 1. The lowest BCUT2D eigenvalue weighted by Gasteiger charge is -2.30. The molecule has 1 aliphatic rings. The molecular formula is C14H16N2O4S. The second-order valence-electron chi connectivity index (χ2n) is 4.61. The van der Waals surface area contributed by atoms with Gasteiger partial charge in [-0.3, -0.25) is 4.79 Å². The maximum atomic E-state index is 12.0. The monoisotopic (exact) mass is 308 g/mol. The molecule has 0 amide bonds. The Morgan fingerprint density at radius 3 is 2.76 bits per heavy atom. The first kappa shape index (κ1) is 15.2. The van der Waals surface area contributed by atoms with E-state index in [1.165, 1.54) is 20.3 Å². The van der Waals surface area contributed by atoms with E-state index in [9.17, 15) is 9.90 Å². The Balaban J connectivity index is 2.46. The molecule has 7 heteroatoms. The van der Waals surface area contributed by atoms with Gasteiger partial charge < -0.3 is 19.9 Å². The second kappa shape index (κ2) is 6.09. The number of ether oxygens (including phenoxy) is 2. The molecule has 1 aromatic carbocycles. The molecule has 0 radical (unpaired) electrons. The summed E-state index contributed by atoms with van der Waals surface area (Å²) in [5.74, 6) is -0.636. The van der Waals surface area contributed by atoms with E-state index in [-0.39, 0.29) is 5.75 Å². The molecule has 2 atom stereocenters. The van der Waals surface area contributed by atoms with Crippen LogP contribution in [0.15, 0.2) is 23.2 Å². The number of methoxy groups -OCH3 is 2. The minimum Gasteiger partial charge on any atom is -0.504 e. The normalized spacial score (nSPS) is 21.3. The molecular weight excluding hydrogens is 292 g/mol. The average Bonchev–Trinajstić information content (AvgIpc) is 2.46. The van der Waals surface area contributed by atoms with Gasteiger partial charge in [0.2, 0.25) is 0 Å². The third-order valence-corrected chi connectivity index (χ3v) is 3.57. The zero-order valence-electron chi connectivity index (χ0n) is 11.9. The molecule has 2 rings (SSSR count).